The van der Waals surface area contributed by atoms with Crippen molar-refractivity contribution in [1.82, 2.24) is 10.2 Å². The molecule has 146 valence electrons. The van der Waals surface area contributed by atoms with Crippen molar-refractivity contribution >= 4 is 28.5 Å². The summed E-state index contributed by atoms with van der Waals surface area (Å²) in [4.78, 5) is 39.8. The number of benzene rings is 2. The average Bonchev–Trinajstić information content (AvgIpc) is 3.53. The van der Waals surface area contributed by atoms with Crippen molar-refractivity contribution in [2.45, 2.75) is 13.0 Å². The van der Waals surface area contributed by atoms with E-state index < -0.39 is 0 Å². The summed E-state index contributed by atoms with van der Waals surface area (Å²) in [6.45, 7) is 0.199. The quantitative estimate of drug-likeness (QED) is 0.649. The Hall–Kier alpha value is -2.95. The van der Waals surface area contributed by atoms with Crippen molar-refractivity contribution in [1.29, 1.82) is 0 Å². The zero-order chi connectivity index (χ0) is 19.7. The highest BCUT2D eigenvalue weighted by molar-refractivity contribution is 6.08. The fourth-order valence-electron chi connectivity index (χ4n) is 6.01. The summed E-state index contributed by atoms with van der Waals surface area (Å²) in [6, 6.07) is 14.0. The van der Waals surface area contributed by atoms with E-state index in [1.54, 1.807) is 0 Å². The van der Waals surface area contributed by atoms with Gasteiger partial charge in [-0.1, -0.05) is 54.6 Å². The second-order valence-electron chi connectivity index (χ2n) is 8.83. The van der Waals surface area contributed by atoms with Gasteiger partial charge < -0.3 is 5.32 Å². The van der Waals surface area contributed by atoms with Gasteiger partial charge in [-0.15, -0.1) is 0 Å². The lowest BCUT2D eigenvalue weighted by Crippen LogP contribution is -2.41. The first-order valence-corrected chi connectivity index (χ1v) is 10.4. The van der Waals surface area contributed by atoms with E-state index in [1.165, 1.54) is 4.90 Å². The molecule has 4 aliphatic carbocycles. The standard InChI is InChI=1S/C24H22N2O3/c27-20(25-11-14-6-3-5-13-4-1-2-7-15(13)14)12-26-23(28)21-16-8-9-17(19-10-18(16)19)22(21)24(26)29/h1-9,16-19,21-22H,10-12H2,(H,25,27). The summed E-state index contributed by atoms with van der Waals surface area (Å²) < 4.78 is 0. The number of carbonyl (C=O) groups excluding carboxylic acids is 3. The number of imide groups is 1. The van der Waals surface area contributed by atoms with Crippen LogP contribution in [0.2, 0.25) is 0 Å². The van der Waals surface area contributed by atoms with Gasteiger partial charge in [0, 0.05) is 6.54 Å². The third-order valence-corrected chi connectivity index (χ3v) is 7.41. The van der Waals surface area contributed by atoms with Crippen molar-refractivity contribution < 1.29 is 14.4 Å². The molecule has 5 nitrogen and oxygen atoms in total. The van der Waals surface area contributed by atoms with E-state index in [4.69, 9.17) is 0 Å². The third-order valence-electron chi connectivity index (χ3n) is 7.41. The van der Waals surface area contributed by atoms with Gasteiger partial charge in [0.05, 0.1) is 11.8 Å². The Bertz CT molecular complexity index is 1050. The van der Waals surface area contributed by atoms with Gasteiger partial charge in [-0.05, 0) is 46.4 Å². The van der Waals surface area contributed by atoms with Gasteiger partial charge in [0.15, 0.2) is 0 Å². The number of nitrogens with zero attached hydrogens (tertiary/aromatic N) is 1. The van der Waals surface area contributed by atoms with E-state index in [1.807, 2.05) is 42.5 Å². The van der Waals surface area contributed by atoms with E-state index in [0.717, 1.165) is 22.8 Å². The van der Waals surface area contributed by atoms with Crippen molar-refractivity contribution in [2.75, 3.05) is 6.54 Å². The lowest BCUT2D eigenvalue weighted by Gasteiger charge is -2.37. The Kier molecular flexibility index (Phi) is 3.52. The van der Waals surface area contributed by atoms with Gasteiger partial charge in [0.2, 0.25) is 17.7 Å². The minimum Gasteiger partial charge on any atom is -0.350 e. The summed E-state index contributed by atoms with van der Waals surface area (Å²) in [7, 11) is 0. The number of rotatable bonds is 4. The Morgan fingerprint density at radius 3 is 2.31 bits per heavy atom. The molecule has 6 unspecified atom stereocenters. The van der Waals surface area contributed by atoms with Gasteiger partial charge in [-0.2, -0.15) is 0 Å². The maximum absolute atomic E-state index is 13.0. The number of allylic oxidation sites excluding steroid dienone is 2. The molecule has 2 bridgehead atoms. The Morgan fingerprint density at radius 2 is 1.59 bits per heavy atom. The number of likely N-dealkylation sites (tertiary alicyclic amines) is 1. The van der Waals surface area contributed by atoms with Crippen LogP contribution < -0.4 is 5.32 Å². The summed E-state index contributed by atoms with van der Waals surface area (Å²) in [6.07, 6.45) is 5.44. The van der Waals surface area contributed by atoms with Gasteiger partial charge in [-0.3, -0.25) is 19.3 Å². The number of fused-ring (bicyclic) bond motifs is 1. The molecular formula is C24H22N2O3. The molecule has 2 aromatic rings. The van der Waals surface area contributed by atoms with Crippen molar-refractivity contribution in [3.05, 3.63) is 60.2 Å². The van der Waals surface area contributed by atoms with Crippen LogP contribution >= 0.6 is 0 Å². The van der Waals surface area contributed by atoms with Crippen molar-refractivity contribution in [3.8, 4) is 0 Å². The van der Waals surface area contributed by atoms with Crippen LogP contribution in [0.4, 0.5) is 0 Å². The molecule has 7 rings (SSSR count). The molecule has 0 aromatic heterocycles. The Morgan fingerprint density at radius 1 is 0.931 bits per heavy atom. The largest absolute Gasteiger partial charge is 0.350 e. The highest BCUT2D eigenvalue weighted by Crippen LogP contribution is 2.65. The van der Waals surface area contributed by atoms with Crippen molar-refractivity contribution in [2.24, 2.45) is 35.5 Å². The van der Waals surface area contributed by atoms with Gasteiger partial charge in [0.1, 0.15) is 6.54 Å². The molecule has 6 atom stereocenters. The molecule has 1 N–H and O–H groups in total. The predicted molar refractivity (Wildman–Crippen MR) is 107 cm³/mol. The molecule has 29 heavy (non-hydrogen) atoms. The SMILES string of the molecule is O=C(CN1C(=O)C2C3C=CC(C4CC34)C2C1=O)NCc1cccc2ccccc12. The first kappa shape index (κ1) is 17.0. The molecule has 1 heterocycles. The van der Waals surface area contributed by atoms with E-state index >= 15 is 0 Å². The molecule has 1 saturated heterocycles. The van der Waals surface area contributed by atoms with E-state index in [0.29, 0.717) is 18.4 Å². The Labute approximate surface area is 168 Å². The summed E-state index contributed by atoms with van der Waals surface area (Å²) in [5, 5.41) is 5.11. The number of carbonyl (C=O) groups is 3. The van der Waals surface area contributed by atoms with Gasteiger partial charge in [0.25, 0.3) is 0 Å². The van der Waals surface area contributed by atoms with E-state index in [9.17, 15) is 14.4 Å². The molecule has 5 heteroatoms. The fraction of sp³-hybridized carbons (Fsp3) is 0.375. The maximum atomic E-state index is 13.0. The summed E-state index contributed by atoms with van der Waals surface area (Å²) >= 11 is 0. The summed E-state index contributed by atoms with van der Waals surface area (Å²) in [5.74, 6) is 0.453. The first-order valence-electron chi connectivity index (χ1n) is 10.4. The van der Waals surface area contributed by atoms with Crippen LogP contribution in [0.5, 0.6) is 0 Å². The van der Waals surface area contributed by atoms with Gasteiger partial charge in [-0.25, -0.2) is 0 Å². The second kappa shape index (κ2) is 6.02. The van der Waals surface area contributed by atoms with Crippen LogP contribution in [0.15, 0.2) is 54.6 Å². The zero-order valence-corrected chi connectivity index (χ0v) is 16.0. The van der Waals surface area contributed by atoms with Crippen molar-refractivity contribution in [3.63, 3.8) is 0 Å². The molecule has 0 radical (unpaired) electrons. The average molecular weight is 386 g/mol. The van der Waals surface area contributed by atoms with Crippen LogP contribution in [0.25, 0.3) is 10.8 Å². The monoisotopic (exact) mass is 386 g/mol. The maximum Gasteiger partial charge on any atom is 0.240 e. The molecule has 0 spiro atoms. The molecule has 5 aliphatic rings. The molecule has 3 fully saturated rings. The molecule has 2 saturated carbocycles. The van der Waals surface area contributed by atoms with Crippen LogP contribution in [0.1, 0.15) is 12.0 Å². The van der Waals surface area contributed by atoms with Gasteiger partial charge >= 0.3 is 0 Å². The minimum absolute atomic E-state index is 0.148. The zero-order valence-electron chi connectivity index (χ0n) is 16.0. The van der Waals surface area contributed by atoms with Crippen LogP contribution in [-0.2, 0) is 20.9 Å². The lowest BCUT2D eigenvalue weighted by atomic mass is 9.63. The topological polar surface area (TPSA) is 66.5 Å². The molecular weight excluding hydrogens is 364 g/mol. The fourth-order valence-corrected chi connectivity index (χ4v) is 6.01. The normalized spacial score (nSPS) is 33.7. The number of amides is 3. The van der Waals surface area contributed by atoms with Crippen LogP contribution in [0.3, 0.4) is 0 Å². The first-order chi connectivity index (χ1) is 14.1. The highest BCUT2D eigenvalue weighted by atomic mass is 16.2. The van der Waals surface area contributed by atoms with Crippen LogP contribution in [-0.4, -0.2) is 29.2 Å². The molecule has 2 aromatic carbocycles. The second-order valence-corrected chi connectivity index (χ2v) is 8.83. The predicted octanol–water partition coefficient (Wildman–Crippen LogP) is 2.51. The molecule has 1 aliphatic heterocycles. The smallest absolute Gasteiger partial charge is 0.240 e. The number of hydrogen-bond donors (Lipinski definition) is 1. The number of nitrogens with one attached hydrogen (secondary N) is 1. The minimum atomic E-state index is -0.288. The lowest BCUT2D eigenvalue weighted by molar-refractivity contribution is -0.143. The van der Waals surface area contributed by atoms with E-state index in [-0.39, 0.29) is 47.9 Å². The molecule has 3 amide bonds. The number of hydrogen-bond acceptors (Lipinski definition) is 3. The Balaban J connectivity index is 1.16. The van der Waals surface area contributed by atoms with E-state index in [2.05, 4.69) is 17.5 Å². The summed E-state index contributed by atoms with van der Waals surface area (Å²) in [5.41, 5.74) is 1.02. The third kappa shape index (κ3) is 2.43. The highest BCUT2D eigenvalue weighted by Gasteiger charge is 2.67. The van der Waals surface area contributed by atoms with Crippen LogP contribution in [0, 0.1) is 35.5 Å².